The summed E-state index contributed by atoms with van der Waals surface area (Å²) in [7, 11) is 0. The lowest BCUT2D eigenvalue weighted by Gasteiger charge is -2.26. The SMILES string of the molecule is CCNC(c1ccc(C2CCCCC2)cc1)C(C)CC. The van der Waals surface area contributed by atoms with E-state index in [1.165, 1.54) is 44.1 Å². The molecule has 1 aromatic carbocycles. The van der Waals surface area contributed by atoms with Crippen LogP contribution in [0.4, 0.5) is 0 Å². The van der Waals surface area contributed by atoms with E-state index in [1.807, 2.05) is 0 Å². The van der Waals surface area contributed by atoms with E-state index in [-0.39, 0.29) is 0 Å². The van der Waals surface area contributed by atoms with Crippen LogP contribution in [0.2, 0.25) is 0 Å². The fourth-order valence-electron chi connectivity index (χ4n) is 3.51. The lowest BCUT2D eigenvalue weighted by Crippen LogP contribution is -2.26. The quantitative estimate of drug-likeness (QED) is 0.728. The number of nitrogens with one attached hydrogen (secondary N) is 1. The minimum Gasteiger partial charge on any atom is -0.310 e. The third-order valence-corrected chi connectivity index (χ3v) is 5.01. The summed E-state index contributed by atoms with van der Waals surface area (Å²) in [6.45, 7) is 7.87. The van der Waals surface area contributed by atoms with Gasteiger partial charge in [0.15, 0.2) is 0 Å². The van der Waals surface area contributed by atoms with Crippen LogP contribution >= 0.6 is 0 Å². The van der Waals surface area contributed by atoms with Crippen LogP contribution in [0.3, 0.4) is 0 Å². The van der Waals surface area contributed by atoms with E-state index in [4.69, 9.17) is 0 Å². The fourth-order valence-corrected chi connectivity index (χ4v) is 3.51. The van der Waals surface area contributed by atoms with Crippen LogP contribution in [0.1, 0.15) is 82.4 Å². The molecule has 1 aliphatic carbocycles. The van der Waals surface area contributed by atoms with E-state index in [2.05, 4.69) is 50.4 Å². The number of hydrogen-bond donors (Lipinski definition) is 1. The Morgan fingerprint density at radius 3 is 2.25 bits per heavy atom. The van der Waals surface area contributed by atoms with Crippen molar-refractivity contribution in [3.63, 3.8) is 0 Å². The summed E-state index contributed by atoms with van der Waals surface area (Å²) >= 11 is 0. The fraction of sp³-hybridized carbons (Fsp3) is 0.684. The molecule has 0 spiro atoms. The Morgan fingerprint density at radius 2 is 1.70 bits per heavy atom. The normalized spacial score (nSPS) is 19.8. The Balaban J connectivity index is 2.08. The zero-order valence-electron chi connectivity index (χ0n) is 13.5. The van der Waals surface area contributed by atoms with Gasteiger partial charge in [-0.2, -0.15) is 0 Å². The largest absolute Gasteiger partial charge is 0.310 e. The second kappa shape index (κ2) is 7.83. The van der Waals surface area contributed by atoms with Gasteiger partial charge in [-0.05, 0) is 42.3 Å². The Labute approximate surface area is 125 Å². The number of hydrogen-bond acceptors (Lipinski definition) is 1. The molecular formula is C19H31N. The van der Waals surface area contributed by atoms with Crippen LogP contribution in [-0.2, 0) is 0 Å². The van der Waals surface area contributed by atoms with Crippen molar-refractivity contribution in [1.29, 1.82) is 0 Å². The highest BCUT2D eigenvalue weighted by Gasteiger charge is 2.19. The van der Waals surface area contributed by atoms with Crippen LogP contribution in [-0.4, -0.2) is 6.54 Å². The van der Waals surface area contributed by atoms with Gasteiger partial charge in [0.05, 0.1) is 0 Å². The van der Waals surface area contributed by atoms with Crippen LogP contribution in [0, 0.1) is 5.92 Å². The summed E-state index contributed by atoms with van der Waals surface area (Å²) in [6.07, 6.45) is 8.27. The summed E-state index contributed by atoms with van der Waals surface area (Å²) in [6, 6.07) is 10.0. The van der Waals surface area contributed by atoms with Crippen molar-refractivity contribution in [2.24, 2.45) is 5.92 Å². The maximum absolute atomic E-state index is 3.65. The number of rotatable bonds is 6. The Bertz CT molecular complexity index is 375. The molecule has 1 heteroatoms. The van der Waals surface area contributed by atoms with Crippen molar-refractivity contribution < 1.29 is 0 Å². The van der Waals surface area contributed by atoms with Crippen LogP contribution in [0.5, 0.6) is 0 Å². The van der Waals surface area contributed by atoms with Gasteiger partial charge in [0.25, 0.3) is 0 Å². The first-order chi connectivity index (χ1) is 9.76. The number of benzene rings is 1. The van der Waals surface area contributed by atoms with Crippen molar-refractivity contribution in [1.82, 2.24) is 5.32 Å². The smallest absolute Gasteiger partial charge is 0.0345 e. The Kier molecular flexibility index (Phi) is 6.09. The predicted octanol–water partition coefficient (Wildman–Crippen LogP) is 5.43. The Hall–Kier alpha value is -0.820. The van der Waals surface area contributed by atoms with E-state index in [1.54, 1.807) is 5.56 Å². The van der Waals surface area contributed by atoms with E-state index in [9.17, 15) is 0 Å². The van der Waals surface area contributed by atoms with Gasteiger partial charge >= 0.3 is 0 Å². The molecule has 1 aromatic rings. The molecule has 0 radical (unpaired) electrons. The van der Waals surface area contributed by atoms with Crippen molar-refractivity contribution in [2.45, 2.75) is 71.3 Å². The molecule has 0 bridgehead atoms. The summed E-state index contributed by atoms with van der Waals surface area (Å²) < 4.78 is 0. The molecule has 0 heterocycles. The highest BCUT2D eigenvalue weighted by atomic mass is 14.9. The minimum atomic E-state index is 0.505. The molecule has 1 aliphatic rings. The van der Waals surface area contributed by atoms with E-state index in [0.717, 1.165) is 12.5 Å². The molecule has 1 fully saturated rings. The van der Waals surface area contributed by atoms with Gasteiger partial charge in [-0.25, -0.2) is 0 Å². The maximum Gasteiger partial charge on any atom is 0.0345 e. The molecule has 2 atom stereocenters. The van der Waals surface area contributed by atoms with Gasteiger partial charge in [0.1, 0.15) is 0 Å². The lowest BCUT2D eigenvalue weighted by molar-refractivity contribution is 0.383. The average Bonchev–Trinajstić information content (AvgIpc) is 2.53. The van der Waals surface area contributed by atoms with E-state index >= 15 is 0 Å². The first kappa shape index (κ1) is 15.6. The van der Waals surface area contributed by atoms with Crippen LogP contribution in [0.15, 0.2) is 24.3 Å². The van der Waals surface area contributed by atoms with Crippen LogP contribution in [0.25, 0.3) is 0 Å². The molecule has 1 N–H and O–H groups in total. The van der Waals surface area contributed by atoms with Crippen molar-refractivity contribution >= 4 is 0 Å². The van der Waals surface area contributed by atoms with Crippen molar-refractivity contribution in [3.8, 4) is 0 Å². The second-order valence-corrected chi connectivity index (χ2v) is 6.42. The zero-order valence-corrected chi connectivity index (χ0v) is 13.5. The molecule has 1 saturated carbocycles. The molecule has 0 aliphatic heterocycles. The summed E-state index contributed by atoms with van der Waals surface area (Å²) in [4.78, 5) is 0. The first-order valence-corrected chi connectivity index (χ1v) is 8.59. The van der Waals surface area contributed by atoms with Gasteiger partial charge in [-0.3, -0.25) is 0 Å². The molecular weight excluding hydrogens is 242 g/mol. The second-order valence-electron chi connectivity index (χ2n) is 6.42. The highest BCUT2D eigenvalue weighted by molar-refractivity contribution is 5.28. The van der Waals surface area contributed by atoms with Crippen molar-refractivity contribution in [2.75, 3.05) is 6.54 Å². The van der Waals surface area contributed by atoms with Gasteiger partial charge < -0.3 is 5.32 Å². The molecule has 20 heavy (non-hydrogen) atoms. The van der Waals surface area contributed by atoms with Crippen molar-refractivity contribution in [3.05, 3.63) is 35.4 Å². The third kappa shape index (κ3) is 3.85. The monoisotopic (exact) mass is 273 g/mol. The molecule has 1 nitrogen and oxygen atoms in total. The van der Waals surface area contributed by atoms with Gasteiger partial charge in [0, 0.05) is 6.04 Å². The summed E-state index contributed by atoms with van der Waals surface area (Å²) in [5.41, 5.74) is 3.02. The molecule has 0 aromatic heterocycles. The summed E-state index contributed by atoms with van der Waals surface area (Å²) in [5.74, 6) is 1.51. The topological polar surface area (TPSA) is 12.0 Å². The van der Waals surface area contributed by atoms with Crippen LogP contribution < -0.4 is 5.32 Å². The zero-order chi connectivity index (χ0) is 14.4. The minimum absolute atomic E-state index is 0.505. The van der Waals surface area contributed by atoms with E-state index < -0.39 is 0 Å². The van der Waals surface area contributed by atoms with E-state index in [0.29, 0.717) is 12.0 Å². The molecule has 0 saturated heterocycles. The molecule has 2 unspecified atom stereocenters. The maximum atomic E-state index is 3.65. The van der Waals surface area contributed by atoms with Gasteiger partial charge in [-0.1, -0.05) is 70.7 Å². The van der Waals surface area contributed by atoms with Gasteiger partial charge in [0.2, 0.25) is 0 Å². The lowest BCUT2D eigenvalue weighted by atomic mass is 9.83. The molecule has 2 rings (SSSR count). The summed E-state index contributed by atoms with van der Waals surface area (Å²) in [5, 5.41) is 3.65. The Morgan fingerprint density at radius 1 is 1.05 bits per heavy atom. The molecule has 112 valence electrons. The highest BCUT2D eigenvalue weighted by Crippen LogP contribution is 2.33. The predicted molar refractivity (Wildman–Crippen MR) is 88.1 cm³/mol. The molecule has 0 amide bonds. The third-order valence-electron chi connectivity index (χ3n) is 5.01. The average molecular weight is 273 g/mol. The van der Waals surface area contributed by atoms with Gasteiger partial charge in [-0.15, -0.1) is 0 Å². The first-order valence-electron chi connectivity index (χ1n) is 8.59. The standard InChI is InChI=1S/C19H31N/c1-4-15(3)19(20-5-2)18-13-11-17(12-14-18)16-9-7-6-8-10-16/h11-16,19-20H,4-10H2,1-3H3.